The van der Waals surface area contributed by atoms with Crippen molar-refractivity contribution in [1.82, 2.24) is 0 Å². The first-order chi connectivity index (χ1) is 7.11. The van der Waals surface area contributed by atoms with Crippen LogP contribution in [0.1, 0.15) is 33.1 Å². The standard InChI is InChI=1S/C13H18O2/c1-3-8(2)9-4-10-5-11(7-13(14)15)12(10)6-9/h6-8,10,12H,3-5H2,1-2H3,(H,14,15)/b11-7-/t8?,10-,12-/m0/s1. The minimum Gasteiger partial charge on any atom is -0.478 e. The molecule has 0 aromatic rings. The lowest BCUT2D eigenvalue weighted by atomic mass is 9.71. The SMILES string of the molecule is CCC(C)C1=C[C@@H]2/C(=C\C(=O)O)C[C@@H]2C1. The zero-order valence-corrected chi connectivity index (χ0v) is 9.36. The molecule has 1 fully saturated rings. The van der Waals surface area contributed by atoms with Crippen LogP contribution in [0.4, 0.5) is 0 Å². The lowest BCUT2D eigenvalue weighted by Gasteiger charge is -2.33. The number of carboxylic acid groups (broad SMARTS) is 1. The normalized spacial score (nSPS) is 33.2. The van der Waals surface area contributed by atoms with Crippen LogP contribution in [0.2, 0.25) is 0 Å². The third-order valence-electron chi connectivity index (χ3n) is 3.88. The molecule has 2 rings (SSSR count). The smallest absolute Gasteiger partial charge is 0.328 e. The Hall–Kier alpha value is -1.05. The molecule has 0 aromatic carbocycles. The van der Waals surface area contributed by atoms with Gasteiger partial charge >= 0.3 is 5.97 Å². The van der Waals surface area contributed by atoms with Gasteiger partial charge < -0.3 is 5.11 Å². The zero-order chi connectivity index (χ0) is 11.0. The van der Waals surface area contributed by atoms with Gasteiger partial charge in [0.05, 0.1) is 0 Å². The van der Waals surface area contributed by atoms with Crippen LogP contribution in [0.5, 0.6) is 0 Å². The molecule has 2 aliphatic carbocycles. The number of rotatable bonds is 3. The lowest BCUT2D eigenvalue weighted by molar-refractivity contribution is -0.131. The molecule has 2 nitrogen and oxygen atoms in total. The summed E-state index contributed by atoms with van der Waals surface area (Å²) in [7, 11) is 0. The number of carbonyl (C=O) groups is 1. The molecule has 2 heteroatoms. The van der Waals surface area contributed by atoms with Crippen molar-refractivity contribution in [2.45, 2.75) is 33.1 Å². The van der Waals surface area contributed by atoms with Crippen LogP contribution in [-0.4, -0.2) is 11.1 Å². The largest absolute Gasteiger partial charge is 0.478 e. The van der Waals surface area contributed by atoms with Crippen molar-refractivity contribution in [2.75, 3.05) is 0 Å². The van der Waals surface area contributed by atoms with Crippen LogP contribution in [0.15, 0.2) is 23.3 Å². The first-order valence-electron chi connectivity index (χ1n) is 5.75. The molecule has 0 heterocycles. The molecule has 1 N–H and O–H groups in total. The van der Waals surface area contributed by atoms with Crippen LogP contribution in [0, 0.1) is 17.8 Å². The van der Waals surface area contributed by atoms with Gasteiger partial charge in [-0.3, -0.25) is 0 Å². The fourth-order valence-corrected chi connectivity index (χ4v) is 2.69. The van der Waals surface area contributed by atoms with Gasteiger partial charge in [0, 0.05) is 12.0 Å². The Morgan fingerprint density at radius 3 is 3.00 bits per heavy atom. The minimum absolute atomic E-state index is 0.449. The highest BCUT2D eigenvalue weighted by Gasteiger charge is 2.40. The Bertz CT molecular complexity index is 338. The predicted octanol–water partition coefficient (Wildman–Crippen LogP) is 3.01. The Balaban J connectivity index is 2.07. The van der Waals surface area contributed by atoms with E-state index in [1.165, 1.54) is 18.9 Å². The number of allylic oxidation sites excluding steroid dienone is 3. The summed E-state index contributed by atoms with van der Waals surface area (Å²) in [5.74, 6) is 1.03. The summed E-state index contributed by atoms with van der Waals surface area (Å²) in [6.07, 6.45) is 7.08. The molecule has 82 valence electrons. The van der Waals surface area contributed by atoms with Gasteiger partial charge in [0.1, 0.15) is 0 Å². The molecule has 15 heavy (non-hydrogen) atoms. The number of hydrogen-bond donors (Lipinski definition) is 1. The van der Waals surface area contributed by atoms with Crippen molar-refractivity contribution >= 4 is 5.97 Å². The van der Waals surface area contributed by atoms with Gasteiger partial charge in [-0.15, -0.1) is 0 Å². The van der Waals surface area contributed by atoms with E-state index in [1.807, 2.05) is 0 Å². The van der Waals surface area contributed by atoms with E-state index in [2.05, 4.69) is 19.9 Å². The van der Waals surface area contributed by atoms with E-state index in [0.717, 1.165) is 12.0 Å². The van der Waals surface area contributed by atoms with Crippen LogP contribution in [-0.2, 0) is 4.79 Å². The predicted molar refractivity (Wildman–Crippen MR) is 59.5 cm³/mol. The molecule has 0 aliphatic heterocycles. The summed E-state index contributed by atoms with van der Waals surface area (Å²) in [6, 6.07) is 0. The van der Waals surface area contributed by atoms with E-state index in [4.69, 9.17) is 5.11 Å². The number of aliphatic carboxylic acids is 1. The molecule has 3 atom stereocenters. The average molecular weight is 206 g/mol. The van der Waals surface area contributed by atoms with Crippen LogP contribution in [0.3, 0.4) is 0 Å². The molecular formula is C13H18O2. The van der Waals surface area contributed by atoms with Crippen molar-refractivity contribution in [3.05, 3.63) is 23.3 Å². The number of hydrogen-bond acceptors (Lipinski definition) is 1. The van der Waals surface area contributed by atoms with Gasteiger partial charge in [-0.25, -0.2) is 4.79 Å². The van der Waals surface area contributed by atoms with Crippen LogP contribution >= 0.6 is 0 Å². The van der Waals surface area contributed by atoms with Crippen molar-refractivity contribution in [1.29, 1.82) is 0 Å². The van der Waals surface area contributed by atoms with E-state index in [-0.39, 0.29) is 0 Å². The molecule has 0 spiro atoms. The van der Waals surface area contributed by atoms with Gasteiger partial charge in [0.2, 0.25) is 0 Å². The van der Waals surface area contributed by atoms with Crippen molar-refractivity contribution in [3.8, 4) is 0 Å². The van der Waals surface area contributed by atoms with E-state index in [1.54, 1.807) is 5.57 Å². The highest BCUT2D eigenvalue weighted by atomic mass is 16.4. The maximum Gasteiger partial charge on any atom is 0.328 e. The summed E-state index contributed by atoms with van der Waals surface area (Å²) in [5, 5.41) is 8.69. The second-order valence-corrected chi connectivity index (χ2v) is 4.80. The van der Waals surface area contributed by atoms with Crippen LogP contribution in [0.25, 0.3) is 0 Å². The maximum atomic E-state index is 10.6. The molecule has 0 amide bonds. The van der Waals surface area contributed by atoms with E-state index in [9.17, 15) is 4.79 Å². The molecule has 1 saturated carbocycles. The van der Waals surface area contributed by atoms with Crippen LogP contribution < -0.4 is 0 Å². The van der Waals surface area contributed by atoms with Gasteiger partial charge in [0.25, 0.3) is 0 Å². The first kappa shape index (κ1) is 10.5. The summed E-state index contributed by atoms with van der Waals surface area (Å²) >= 11 is 0. The van der Waals surface area contributed by atoms with Crippen molar-refractivity contribution in [3.63, 3.8) is 0 Å². The van der Waals surface area contributed by atoms with Crippen molar-refractivity contribution in [2.24, 2.45) is 17.8 Å². The molecule has 0 radical (unpaired) electrons. The number of carboxylic acids is 1. The fraction of sp³-hybridized carbons (Fsp3) is 0.615. The van der Waals surface area contributed by atoms with Gasteiger partial charge in [-0.05, 0) is 31.1 Å². The maximum absolute atomic E-state index is 10.6. The molecule has 0 aromatic heterocycles. The highest BCUT2D eigenvalue weighted by Crippen LogP contribution is 2.51. The average Bonchev–Trinajstić information content (AvgIpc) is 2.51. The Labute approximate surface area is 90.7 Å². The Morgan fingerprint density at radius 2 is 2.40 bits per heavy atom. The fourth-order valence-electron chi connectivity index (χ4n) is 2.69. The Morgan fingerprint density at radius 1 is 1.67 bits per heavy atom. The van der Waals surface area contributed by atoms with Gasteiger partial charge in [-0.1, -0.05) is 31.1 Å². The molecule has 2 aliphatic rings. The van der Waals surface area contributed by atoms with E-state index < -0.39 is 5.97 Å². The quantitative estimate of drug-likeness (QED) is 0.569. The summed E-state index contributed by atoms with van der Waals surface area (Å²) < 4.78 is 0. The molecular weight excluding hydrogens is 188 g/mol. The topological polar surface area (TPSA) is 37.3 Å². The third kappa shape index (κ3) is 1.85. The van der Waals surface area contributed by atoms with Gasteiger partial charge in [-0.2, -0.15) is 0 Å². The number of fused-ring (bicyclic) bond motifs is 1. The lowest BCUT2D eigenvalue weighted by Crippen LogP contribution is -2.24. The summed E-state index contributed by atoms with van der Waals surface area (Å²) in [6.45, 7) is 4.47. The van der Waals surface area contributed by atoms with Crippen molar-refractivity contribution < 1.29 is 9.90 Å². The third-order valence-corrected chi connectivity index (χ3v) is 3.88. The zero-order valence-electron chi connectivity index (χ0n) is 9.36. The molecule has 0 saturated heterocycles. The van der Waals surface area contributed by atoms with E-state index in [0.29, 0.717) is 17.8 Å². The summed E-state index contributed by atoms with van der Waals surface area (Å²) in [5.41, 5.74) is 2.66. The molecule has 1 unspecified atom stereocenters. The first-order valence-corrected chi connectivity index (χ1v) is 5.75. The van der Waals surface area contributed by atoms with E-state index >= 15 is 0 Å². The minimum atomic E-state index is -0.797. The highest BCUT2D eigenvalue weighted by molar-refractivity contribution is 5.81. The second-order valence-electron chi connectivity index (χ2n) is 4.80. The van der Waals surface area contributed by atoms with Gasteiger partial charge in [0.15, 0.2) is 0 Å². The molecule has 0 bridgehead atoms. The summed E-state index contributed by atoms with van der Waals surface area (Å²) in [4.78, 5) is 10.6. The second kappa shape index (κ2) is 3.84. The monoisotopic (exact) mass is 206 g/mol. The Kier molecular flexibility index (Phi) is 2.68.